The van der Waals surface area contributed by atoms with Crippen LogP contribution in [0.4, 0.5) is 0 Å². The molecule has 0 saturated carbocycles. The highest BCUT2D eigenvalue weighted by Crippen LogP contribution is 2.43. The first kappa shape index (κ1) is 76.7. The third-order valence-electron chi connectivity index (χ3n) is 13.9. The SMILES string of the molecule is CC/C=C\C/C=C\C/C=C\C/C=C\C/C=C\C/C=C\C/C=C\CCCCCCCCCCCCCCCCCCCCCC(=O)OC(COC(=O)CCCCCCCCC/C=C\C/C=C\CCCCCC)COP(=O)(O)OCCN. The van der Waals surface area contributed by atoms with Crippen molar-refractivity contribution in [3.8, 4) is 0 Å². The molecule has 0 radical (unpaired) electrons. The van der Waals surface area contributed by atoms with Crippen LogP contribution < -0.4 is 5.73 Å². The molecule has 0 heterocycles. The summed E-state index contributed by atoms with van der Waals surface area (Å²) in [4.78, 5) is 35.2. The van der Waals surface area contributed by atoms with Crippen molar-refractivity contribution in [2.75, 3.05) is 26.4 Å². The average molecular weight is 1140 g/mol. The van der Waals surface area contributed by atoms with Crippen molar-refractivity contribution < 1.29 is 37.6 Å². The number of carbonyl (C=O) groups is 2. The Balaban J connectivity index is 3.84. The number of esters is 2. The number of allylic oxidation sites excluding steroid dienone is 18. The van der Waals surface area contributed by atoms with E-state index in [2.05, 4.69) is 123 Å². The molecule has 3 N–H and O–H groups in total. The number of nitrogens with two attached hydrogens (primary N) is 1. The predicted octanol–water partition coefficient (Wildman–Crippen LogP) is 21.4. The molecule has 0 aliphatic heterocycles. The summed E-state index contributed by atoms with van der Waals surface area (Å²) in [6.07, 6.45) is 88.9. The van der Waals surface area contributed by atoms with Crippen molar-refractivity contribution >= 4 is 19.8 Å². The number of carbonyl (C=O) groups excluding carboxylic acids is 2. The van der Waals surface area contributed by atoms with Crippen LogP contribution in [-0.4, -0.2) is 49.3 Å². The van der Waals surface area contributed by atoms with Gasteiger partial charge in [-0.1, -0.05) is 284 Å². The predicted molar refractivity (Wildman–Crippen MR) is 344 cm³/mol. The topological polar surface area (TPSA) is 134 Å². The van der Waals surface area contributed by atoms with E-state index in [1.54, 1.807) is 0 Å². The lowest BCUT2D eigenvalue weighted by molar-refractivity contribution is -0.161. The summed E-state index contributed by atoms with van der Waals surface area (Å²) in [6.45, 7) is 3.62. The summed E-state index contributed by atoms with van der Waals surface area (Å²) in [6, 6.07) is 0. The van der Waals surface area contributed by atoms with E-state index in [1.165, 1.54) is 154 Å². The van der Waals surface area contributed by atoms with Crippen molar-refractivity contribution in [1.29, 1.82) is 0 Å². The molecule has 10 heteroatoms. The number of ether oxygens (including phenoxy) is 2. The zero-order valence-electron chi connectivity index (χ0n) is 51.5. The second-order valence-electron chi connectivity index (χ2n) is 21.6. The summed E-state index contributed by atoms with van der Waals surface area (Å²) in [5.41, 5.74) is 5.39. The Morgan fingerprint density at radius 1 is 0.388 bits per heavy atom. The van der Waals surface area contributed by atoms with Gasteiger partial charge in [-0.3, -0.25) is 18.6 Å². The summed E-state index contributed by atoms with van der Waals surface area (Å²) in [7, 11) is -4.39. The van der Waals surface area contributed by atoms with Crippen LogP contribution in [0.25, 0.3) is 0 Å². The minimum atomic E-state index is -4.39. The summed E-state index contributed by atoms with van der Waals surface area (Å²) in [5.74, 6) is -0.831. The van der Waals surface area contributed by atoms with Crippen LogP contribution in [0.2, 0.25) is 0 Å². The van der Waals surface area contributed by atoms with E-state index in [1.807, 2.05) is 0 Å². The Hall–Kier alpha value is -3.33. The molecule has 0 saturated heterocycles. The number of phosphoric acid groups is 1. The molecular formula is C70H122NO8P. The Kier molecular flexibility index (Phi) is 62.1. The standard InChI is InChI=1S/C70H122NO8P/c1-3-5-7-9-11-13-15-17-19-21-23-24-25-26-27-28-29-30-31-32-33-34-35-36-37-38-39-40-41-42-43-44-45-47-49-51-53-55-57-59-61-63-70(73)79-68(67-78-80(74,75)77-65-64-71)66-76-69(72)62-60-58-56-54-52-50-48-46-22-20-18-16-14-12-10-8-6-4-2/h5,7,11,13-14,16-17,19-20,22-24,26-27,29-30,32-33,68H,3-4,6,8-10,12,15,18,21,25,28,31,34-67,71H2,1-2H3,(H,74,75)/b7-5-,13-11-,16-14-,19-17-,22-20-,24-23-,27-26-,30-29-,33-32-. The van der Waals surface area contributed by atoms with Crippen LogP contribution in [0.5, 0.6) is 0 Å². The van der Waals surface area contributed by atoms with E-state index in [9.17, 15) is 19.0 Å². The van der Waals surface area contributed by atoms with E-state index >= 15 is 0 Å². The zero-order chi connectivity index (χ0) is 58.0. The maximum Gasteiger partial charge on any atom is 0.472 e. The zero-order valence-corrected chi connectivity index (χ0v) is 52.4. The Bertz CT molecular complexity index is 1680. The van der Waals surface area contributed by atoms with Gasteiger partial charge in [0.15, 0.2) is 6.10 Å². The molecule has 9 nitrogen and oxygen atoms in total. The van der Waals surface area contributed by atoms with Gasteiger partial charge in [0, 0.05) is 19.4 Å². The molecule has 0 aliphatic rings. The fourth-order valence-electron chi connectivity index (χ4n) is 9.06. The number of phosphoric ester groups is 1. The lowest BCUT2D eigenvalue weighted by Gasteiger charge is -2.19. The molecule has 0 aromatic rings. The molecule has 2 unspecified atom stereocenters. The first-order chi connectivity index (χ1) is 39.3. The molecule has 0 aromatic heterocycles. The number of unbranched alkanes of at least 4 members (excludes halogenated alkanes) is 30. The second-order valence-corrected chi connectivity index (χ2v) is 23.1. The first-order valence-electron chi connectivity index (χ1n) is 32.9. The van der Waals surface area contributed by atoms with Crippen molar-refractivity contribution in [3.63, 3.8) is 0 Å². The smallest absolute Gasteiger partial charge is 0.462 e. The Morgan fingerprint density at radius 3 is 1.02 bits per heavy atom. The first-order valence-corrected chi connectivity index (χ1v) is 34.4. The minimum absolute atomic E-state index is 0.0500. The van der Waals surface area contributed by atoms with Gasteiger partial charge in [0.25, 0.3) is 0 Å². The fraction of sp³-hybridized carbons (Fsp3) is 0.714. The number of rotatable bonds is 61. The van der Waals surface area contributed by atoms with E-state index < -0.39 is 26.5 Å². The maximum atomic E-state index is 12.7. The van der Waals surface area contributed by atoms with Gasteiger partial charge in [-0.2, -0.15) is 0 Å². The van der Waals surface area contributed by atoms with Gasteiger partial charge < -0.3 is 20.1 Å². The van der Waals surface area contributed by atoms with Crippen molar-refractivity contribution in [2.45, 2.75) is 296 Å². The van der Waals surface area contributed by atoms with E-state index in [4.69, 9.17) is 24.3 Å². The molecule has 0 amide bonds. The molecule has 0 rings (SSSR count). The highest BCUT2D eigenvalue weighted by Gasteiger charge is 2.26. The van der Waals surface area contributed by atoms with Gasteiger partial charge >= 0.3 is 19.8 Å². The number of hydrogen-bond acceptors (Lipinski definition) is 8. The number of hydrogen-bond donors (Lipinski definition) is 2. The van der Waals surface area contributed by atoms with Gasteiger partial charge in [0.2, 0.25) is 0 Å². The van der Waals surface area contributed by atoms with Crippen LogP contribution in [-0.2, 0) is 32.7 Å². The van der Waals surface area contributed by atoms with E-state index in [0.29, 0.717) is 6.42 Å². The van der Waals surface area contributed by atoms with E-state index in [0.717, 1.165) is 103 Å². The van der Waals surface area contributed by atoms with Gasteiger partial charge in [-0.05, 0) is 103 Å². The highest BCUT2D eigenvalue weighted by atomic mass is 31.2. The molecule has 0 aliphatic carbocycles. The summed E-state index contributed by atoms with van der Waals surface area (Å²) >= 11 is 0. The van der Waals surface area contributed by atoms with Crippen LogP contribution in [0.3, 0.4) is 0 Å². The van der Waals surface area contributed by atoms with Crippen molar-refractivity contribution in [1.82, 2.24) is 0 Å². The van der Waals surface area contributed by atoms with Crippen LogP contribution in [0.1, 0.15) is 290 Å². The molecule has 2 atom stereocenters. The Labute approximate surface area is 492 Å². The normalized spacial score (nSPS) is 13.7. The minimum Gasteiger partial charge on any atom is -0.462 e. The average Bonchev–Trinajstić information content (AvgIpc) is 3.45. The summed E-state index contributed by atoms with van der Waals surface area (Å²) in [5, 5.41) is 0. The second kappa shape index (κ2) is 64.8. The lowest BCUT2D eigenvalue weighted by Crippen LogP contribution is -2.29. The fourth-order valence-corrected chi connectivity index (χ4v) is 9.83. The Morgan fingerprint density at radius 2 is 0.688 bits per heavy atom. The van der Waals surface area contributed by atoms with Gasteiger partial charge in [-0.15, -0.1) is 0 Å². The highest BCUT2D eigenvalue weighted by molar-refractivity contribution is 7.47. The molecule has 80 heavy (non-hydrogen) atoms. The van der Waals surface area contributed by atoms with Crippen LogP contribution >= 0.6 is 7.82 Å². The molecule has 460 valence electrons. The van der Waals surface area contributed by atoms with Crippen molar-refractivity contribution in [2.24, 2.45) is 5.73 Å². The van der Waals surface area contributed by atoms with Crippen LogP contribution in [0, 0.1) is 0 Å². The largest absolute Gasteiger partial charge is 0.472 e. The molecule has 0 aromatic carbocycles. The third-order valence-corrected chi connectivity index (χ3v) is 14.9. The van der Waals surface area contributed by atoms with E-state index in [-0.39, 0.29) is 38.6 Å². The van der Waals surface area contributed by atoms with Gasteiger partial charge in [0.1, 0.15) is 6.61 Å². The van der Waals surface area contributed by atoms with Crippen molar-refractivity contribution in [3.05, 3.63) is 109 Å². The quantitative estimate of drug-likeness (QED) is 0.0264. The molecular weight excluding hydrogens is 1010 g/mol. The molecule has 0 fully saturated rings. The lowest BCUT2D eigenvalue weighted by atomic mass is 10.0. The third kappa shape index (κ3) is 63.8. The van der Waals surface area contributed by atoms with Crippen LogP contribution in [0.15, 0.2) is 109 Å². The summed E-state index contributed by atoms with van der Waals surface area (Å²) < 4.78 is 33.1. The van der Waals surface area contributed by atoms with Gasteiger partial charge in [-0.25, -0.2) is 4.57 Å². The molecule has 0 bridgehead atoms. The molecule has 0 spiro atoms. The van der Waals surface area contributed by atoms with Gasteiger partial charge in [0.05, 0.1) is 13.2 Å². The maximum absolute atomic E-state index is 12.7. The monoisotopic (exact) mass is 1140 g/mol.